The highest BCUT2D eigenvalue weighted by Gasteiger charge is 2.33. The van der Waals surface area contributed by atoms with Gasteiger partial charge in [0.25, 0.3) is 0 Å². The number of amides is 2. The van der Waals surface area contributed by atoms with E-state index < -0.39 is 6.04 Å². The molecule has 0 spiro atoms. The van der Waals surface area contributed by atoms with Crippen LogP contribution < -0.4 is 11.1 Å². The van der Waals surface area contributed by atoms with E-state index in [-0.39, 0.29) is 29.7 Å². The number of likely N-dealkylation sites (tertiary alicyclic amines) is 1. The van der Waals surface area contributed by atoms with E-state index in [1.807, 2.05) is 18.7 Å². The van der Waals surface area contributed by atoms with Crippen molar-refractivity contribution in [2.45, 2.75) is 47.1 Å². The molecule has 20 heavy (non-hydrogen) atoms. The highest BCUT2D eigenvalue weighted by Crippen LogP contribution is 2.33. The average Bonchev–Trinajstić information content (AvgIpc) is 2.83. The van der Waals surface area contributed by atoms with Crippen molar-refractivity contribution in [2.24, 2.45) is 23.0 Å². The molecule has 0 aliphatic carbocycles. The predicted molar refractivity (Wildman–Crippen MR) is 80.0 cm³/mol. The summed E-state index contributed by atoms with van der Waals surface area (Å²) in [5.74, 6) is 0.336. The highest BCUT2D eigenvalue weighted by atomic mass is 16.2. The second kappa shape index (κ2) is 6.57. The number of nitrogens with two attached hydrogens (primary N) is 1. The molecule has 1 rings (SSSR count). The van der Waals surface area contributed by atoms with Gasteiger partial charge in [0, 0.05) is 13.1 Å². The minimum atomic E-state index is -0.552. The largest absolute Gasteiger partial charge is 0.346 e. The number of nitrogens with one attached hydrogen (secondary N) is 1. The minimum absolute atomic E-state index is 0.0129. The topological polar surface area (TPSA) is 75.4 Å². The van der Waals surface area contributed by atoms with Crippen LogP contribution in [0.5, 0.6) is 0 Å². The second-order valence-corrected chi connectivity index (χ2v) is 7.18. The van der Waals surface area contributed by atoms with Gasteiger partial charge in [-0.2, -0.15) is 0 Å². The fourth-order valence-corrected chi connectivity index (χ4v) is 2.39. The molecule has 1 aliphatic heterocycles. The normalized spacial score (nSPS) is 21.1. The van der Waals surface area contributed by atoms with E-state index in [1.54, 1.807) is 0 Å². The number of nitrogens with zero attached hydrogens (tertiary/aromatic N) is 1. The second-order valence-electron chi connectivity index (χ2n) is 7.18. The third kappa shape index (κ3) is 4.47. The maximum Gasteiger partial charge on any atom is 0.241 e. The van der Waals surface area contributed by atoms with Crippen molar-refractivity contribution in [3.8, 4) is 0 Å². The minimum Gasteiger partial charge on any atom is -0.346 e. The predicted octanol–water partition coefficient (Wildman–Crippen LogP) is 0.981. The van der Waals surface area contributed by atoms with Crippen LogP contribution in [0.3, 0.4) is 0 Å². The van der Waals surface area contributed by atoms with Crippen molar-refractivity contribution in [3.05, 3.63) is 0 Å². The zero-order valence-corrected chi connectivity index (χ0v) is 13.4. The number of hydrogen-bond donors (Lipinski definition) is 2. The summed E-state index contributed by atoms with van der Waals surface area (Å²) in [6.45, 7) is 12.0. The number of hydrogen-bond acceptors (Lipinski definition) is 3. The molecule has 1 aliphatic rings. The molecule has 1 saturated heterocycles. The van der Waals surface area contributed by atoms with Crippen molar-refractivity contribution in [1.82, 2.24) is 10.2 Å². The fraction of sp³-hybridized carbons (Fsp3) is 0.867. The van der Waals surface area contributed by atoms with Crippen LogP contribution in [0.15, 0.2) is 0 Å². The lowest BCUT2D eigenvalue weighted by molar-refractivity contribution is -0.132. The molecular formula is C15H29N3O2. The molecule has 1 fully saturated rings. The third-order valence-corrected chi connectivity index (χ3v) is 4.20. The van der Waals surface area contributed by atoms with Crippen molar-refractivity contribution in [2.75, 3.05) is 19.6 Å². The van der Waals surface area contributed by atoms with Gasteiger partial charge in [-0.3, -0.25) is 9.59 Å². The molecule has 2 amide bonds. The molecule has 2 atom stereocenters. The molecule has 3 N–H and O–H groups in total. The van der Waals surface area contributed by atoms with E-state index in [9.17, 15) is 9.59 Å². The van der Waals surface area contributed by atoms with Gasteiger partial charge in [-0.1, -0.05) is 34.6 Å². The maximum absolute atomic E-state index is 12.1. The van der Waals surface area contributed by atoms with E-state index in [1.165, 1.54) is 0 Å². The van der Waals surface area contributed by atoms with Crippen LogP contribution in [0.2, 0.25) is 0 Å². The Morgan fingerprint density at radius 2 is 1.95 bits per heavy atom. The molecule has 0 bridgehead atoms. The highest BCUT2D eigenvalue weighted by molar-refractivity contribution is 5.87. The summed E-state index contributed by atoms with van der Waals surface area (Å²) in [7, 11) is 0. The molecule has 0 aromatic rings. The Morgan fingerprint density at radius 1 is 1.35 bits per heavy atom. The first-order chi connectivity index (χ1) is 9.12. The van der Waals surface area contributed by atoms with E-state index in [4.69, 9.17) is 5.73 Å². The third-order valence-electron chi connectivity index (χ3n) is 4.20. The monoisotopic (exact) mass is 283 g/mol. The molecule has 116 valence electrons. The van der Waals surface area contributed by atoms with Crippen LogP contribution in [0.25, 0.3) is 0 Å². The fourth-order valence-electron chi connectivity index (χ4n) is 2.39. The Bertz CT molecular complexity index is 361. The molecule has 1 heterocycles. The Morgan fingerprint density at radius 3 is 2.40 bits per heavy atom. The molecule has 0 aromatic carbocycles. The summed E-state index contributed by atoms with van der Waals surface area (Å²) >= 11 is 0. The van der Waals surface area contributed by atoms with Crippen LogP contribution in [0, 0.1) is 17.3 Å². The lowest BCUT2D eigenvalue weighted by atomic mass is 9.80. The Labute approximate surface area is 122 Å². The van der Waals surface area contributed by atoms with Crippen LogP contribution in [-0.4, -0.2) is 42.4 Å². The van der Waals surface area contributed by atoms with Crippen molar-refractivity contribution < 1.29 is 9.59 Å². The van der Waals surface area contributed by atoms with Gasteiger partial charge in [0.1, 0.15) is 0 Å². The van der Waals surface area contributed by atoms with Gasteiger partial charge >= 0.3 is 0 Å². The van der Waals surface area contributed by atoms with Crippen LogP contribution in [0.4, 0.5) is 0 Å². The summed E-state index contributed by atoms with van der Waals surface area (Å²) in [5, 5.41) is 2.64. The van der Waals surface area contributed by atoms with Gasteiger partial charge in [0.2, 0.25) is 11.8 Å². The summed E-state index contributed by atoms with van der Waals surface area (Å²) in [6, 6.07) is -0.552. The van der Waals surface area contributed by atoms with E-state index in [0.29, 0.717) is 5.92 Å². The Hall–Kier alpha value is -1.10. The number of rotatable bonds is 4. The summed E-state index contributed by atoms with van der Waals surface area (Å²) in [5.41, 5.74) is 5.96. The van der Waals surface area contributed by atoms with Gasteiger partial charge in [-0.25, -0.2) is 0 Å². The lowest BCUT2D eigenvalue weighted by Crippen LogP contribution is -2.47. The zero-order chi connectivity index (χ0) is 15.5. The molecule has 0 radical (unpaired) electrons. The smallest absolute Gasteiger partial charge is 0.241 e. The number of carbonyl (C=O) groups is 2. The van der Waals surface area contributed by atoms with Gasteiger partial charge in [-0.05, 0) is 23.7 Å². The Kier molecular flexibility index (Phi) is 5.57. The Balaban J connectivity index is 2.40. The number of carbonyl (C=O) groups excluding carboxylic acids is 2. The first-order valence-electron chi connectivity index (χ1n) is 7.44. The van der Waals surface area contributed by atoms with E-state index in [2.05, 4.69) is 26.1 Å². The van der Waals surface area contributed by atoms with Gasteiger partial charge in [-0.15, -0.1) is 0 Å². The summed E-state index contributed by atoms with van der Waals surface area (Å²) < 4.78 is 0. The van der Waals surface area contributed by atoms with Crippen LogP contribution in [-0.2, 0) is 9.59 Å². The van der Waals surface area contributed by atoms with Crippen molar-refractivity contribution in [1.29, 1.82) is 0 Å². The maximum atomic E-state index is 12.1. The van der Waals surface area contributed by atoms with E-state index in [0.717, 1.165) is 19.5 Å². The lowest BCUT2D eigenvalue weighted by Gasteiger charge is -2.27. The van der Waals surface area contributed by atoms with Crippen LogP contribution >= 0.6 is 0 Å². The molecule has 5 nitrogen and oxygen atoms in total. The molecule has 0 aromatic heterocycles. The molecule has 1 unspecified atom stereocenters. The van der Waals surface area contributed by atoms with Gasteiger partial charge < -0.3 is 16.0 Å². The van der Waals surface area contributed by atoms with Gasteiger partial charge in [0.15, 0.2) is 0 Å². The SMILES string of the molecule is CC(C)[C@H](N)C(=O)NCC(=O)N1CCC(C(C)(C)C)C1. The molecular weight excluding hydrogens is 254 g/mol. The standard InChI is InChI=1S/C15H29N3O2/c1-10(2)13(16)14(20)17-8-12(19)18-7-6-11(9-18)15(3,4)5/h10-11,13H,6-9,16H2,1-5H3,(H,17,20)/t11?,13-/m0/s1. The zero-order valence-electron chi connectivity index (χ0n) is 13.4. The van der Waals surface area contributed by atoms with Gasteiger partial charge in [0.05, 0.1) is 12.6 Å². The molecule has 5 heteroatoms. The first-order valence-corrected chi connectivity index (χ1v) is 7.44. The van der Waals surface area contributed by atoms with Crippen molar-refractivity contribution >= 4 is 11.8 Å². The van der Waals surface area contributed by atoms with E-state index >= 15 is 0 Å². The van der Waals surface area contributed by atoms with Crippen molar-refractivity contribution in [3.63, 3.8) is 0 Å². The quantitative estimate of drug-likeness (QED) is 0.807. The average molecular weight is 283 g/mol. The summed E-state index contributed by atoms with van der Waals surface area (Å²) in [6.07, 6.45) is 1.04. The van der Waals surface area contributed by atoms with Crippen LogP contribution in [0.1, 0.15) is 41.0 Å². The summed E-state index contributed by atoms with van der Waals surface area (Å²) in [4.78, 5) is 25.7. The first kappa shape index (κ1) is 17.0. The molecule has 0 saturated carbocycles.